The van der Waals surface area contributed by atoms with E-state index in [1.807, 2.05) is 19.1 Å². The number of aryl methyl sites for hydroxylation is 1. The fourth-order valence-corrected chi connectivity index (χ4v) is 4.24. The number of aliphatic carboxylic acids is 1. The molecule has 0 aliphatic heterocycles. The number of nitrogens with one attached hydrogen (secondary N) is 1. The molecule has 1 aromatic rings. The second kappa shape index (κ2) is 8.02. The summed E-state index contributed by atoms with van der Waals surface area (Å²) in [5.74, 6) is -2.87. The predicted octanol–water partition coefficient (Wildman–Crippen LogP) is 4.01. The Morgan fingerprint density at radius 3 is 2.50 bits per heavy atom. The number of amides is 1. The molecule has 0 radical (unpaired) electrons. The average molecular weight is 466 g/mol. The molecule has 0 spiro atoms. The van der Waals surface area contributed by atoms with Crippen LogP contribution in [0.3, 0.4) is 0 Å². The van der Waals surface area contributed by atoms with E-state index in [9.17, 15) is 27.9 Å². The van der Waals surface area contributed by atoms with Gasteiger partial charge in [-0.2, -0.15) is 13.2 Å². The minimum atomic E-state index is -4.63. The number of benzene rings is 1. The Kier molecular flexibility index (Phi) is 6.50. The van der Waals surface area contributed by atoms with Crippen molar-refractivity contribution in [2.75, 3.05) is 7.11 Å². The third-order valence-electron chi connectivity index (χ3n) is 5.71. The fourth-order valence-electron chi connectivity index (χ4n) is 3.83. The highest BCUT2D eigenvalue weighted by molar-refractivity contribution is 9.10. The van der Waals surface area contributed by atoms with Gasteiger partial charge in [0, 0.05) is 11.6 Å². The second-order valence-electron chi connectivity index (χ2n) is 7.37. The molecule has 0 aromatic heterocycles. The monoisotopic (exact) mass is 465 g/mol. The van der Waals surface area contributed by atoms with Crippen LogP contribution >= 0.6 is 15.9 Å². The lowest BCUT2D eigenvalue weighted by atomic mass is 9.67. The Morgan fingerprint density at radius 1 is 1.36 bits per heavy atom. The summed E-state index contributed by atoms with van der Waals surface area (Å²) in [6, 6.07) is 5.39. The van der Waals surface area contributed by atoms with Crippen molar-refractivity contribution in [3.63, 3.8) is 0 Å². The van der Waals surface area contributed by atoms with Gasteiger partial charge in [0.15, 0.2) is 5.60 Å². The van der Waals surface area contributed by atoms with Crippen molar-refractivity contribution in [3.05, 3.63) is 33.8 Å². The number of hydrogen-bond donors (Lipinski definition) is 2. The number of rotatable bonds is 5. The molecule has 1 fully saturated rings. The van der Waals surface area contributed by atoms with Gasteiger partial charge in [0.1, 0.15) is 5.54 Å². The van der Waals surface area contributed by atoms with Crippen molar-refractivity contribution in [2.24, 2.45) is 5.92 Å². The normalized spacial score (nSPS) is 28.0. The van der Waals surface area contributed by atoms with Crippen molar-refractivity contribution < 1.29 is 32.6 Å². The number of halogens is 4. The lowest BCUT2D eigenvalue weighted by Gasteiger charge is -2.48. The zero-order chi connectivity index (χ0) is 21.3. The van der Waals surface area contributed by atoms with Gasteiger partial charge in [-0.1, -0.05) is 28.9 Å². The molecular weight excluding hydrogens is 443 g/mol. The highest BCUT2D eigenvalue weighted by Gasteiger charge is 2.63. The van der Waals surface area contributed by atoms with Crippen LogP contribution in [0.4, 0.5) is 13.2 Å². The van der Waals surface area contributed by atoms with Crippen LogP contribution in [0.1, 0.15) is 37.3 Å². The molecule has 0 heterocycles. The fraction of sp³-hybridized carbons (Fsp3) is 0.579. The number of ether oxygens (including phenoxy) is 1. The summed E-state index contributed by atoms with van der Waals surface area (Å²) >= 11 is 3.32. The van der Waals surface area contributed by atoms with Crippen LogP contribution < -0.4 is 5.32 Å². The number of methoxy groups -OCH3 is 1. The van der Waals surface area contributed by atoms with Gasteiger partial charge in [0.25, 0.3) is 0 Å². The molecule has 156 valence electrons. The molecule has 9 heteroatoms. The van der Waals surface area contributed by atoms with Gasteiger partial charge < -0.3 is 15.2 Å². The smallest absolute Gasteiger partial charge is 0.417 e. The van der Waals surface area contributed by atoms with E-state index in [1.165, 1.54) is 6.92 Å². The van der Waals surface area contributed by atoms with Crippen molar-refractivity contribution >= 4 is 27.8 Å². The molecule has 1 saturated carbocycles. The first kappa shape index (κ1) is 22.7. The van der Waals surface area contributed by atoms with E-state index in [4.69, 9.17) is 4.74 Å². The largest absolute Gasteiger partial charge is 0.479 e. The maximum Gasteiger partial charge on any atom is 0.417 e. The van der Waals surface area contributed by atoms with Crippen LogP contribution in [-0.2, 0) is 20.7 Å². The SMILES string of the molecule is COC1(C(F)(F)F)CCC(NC(=O)Cc2cc(Br)ccc2C)(C(=O)O)C(C)C1. The van der Waals surface area contributed by atoms with E-state index in [0.29, 0.717) is 5.56 Å². The van der Waals surface area contributed by atoms with Crippen LogP contribution in [0.25, 0.3) is 0 Å². The molecule has 28 heavy (non-hydrogen) atoms. The van der Waals surface area contributed by atoms with E-state index in [2.05, 4.69) is 21.2 Å². The second-order valence-corrected chi connectivity index (χ2v) is 8.29. The first-order valence-corrected chi connectivity index (χ1v) is 9.57. The van der Waals surface area contributed by atoms with Crippen molar-refractivity contribution in [1.29, 1.82) is 0 Å². The molecule has 1 aromatic carbocycles. The number of carboxylic acids is 1. The molecule has 1 amide bonds. The maximum absolute atomic E-state index is 13.5. The lowest BCUT2D eigenvalue weighted by Crippen LogP contribution is -2.66. The molecule has 2 rings (SSSR count). The first-order chi connectivity index (χ1) is 12.9. The van der Waals surface area contributed by atoms with Crippen LogP contribution in [-0.4, -0.2) is 41.4 Å². The minimum absolute atomic E-state index is 0.0677. The highest BCUT2D eigenvalue weighted by Crippen LogP contribution is 2.49. The quantitative estimate of drug-likeness (QED) is 0.688. The molecule has 2 N–H and O–H groups in total. The molecule has 0 bridgehead atoms. The summed E-state index contributed by atoms with van der Waals surface area (Å²) in [5.41, 5.74) is -2.62. The molecule has 3 atom stereocenters. The number of alkyl halides is 3. The molecule has 1 aliphatic rings. The molecular formula is C19H23BrF3NO4. The highest BCUT2D eigenvalue weighted by atomic mass is 79.9. The average Bonchev–Trinajstić information content (AvgIpc) is 2.58. The van der Waals surface area contributed by atoms with Gasteiger partial charge >= 0.3 is 12.1 Å². The van der Waals surface area contributed by atoms with Crippen LogP contribution in [0.2, 0.25) is 0 Å². The number of carbonyl (C=O) groups is 2. The van der Waals surface area contributed by atoms with Crippen LogP contribution in [0, 0.1) is 12.8 Å². The minimum Gasteiger partial charge on any atom is -0.479 e. The third-order valence-corrected chi connectivity index (χ3v) is 6.21. The summed E-state index contributed by atoms with van der Waals surface area (Å²) in [6.45, 7) is 3.22. The number of hydrogen-bond acceptors (Lipinski definition) is 3. The number of carboxylic acid groups (broad SMARTS) is 1. The van der Waals surface area contributed by atoms with Gasteiger partial charge in [-0.15, -0.1) is 0 Å². The van der Waals surface area contributed by atoms with Gasteiger partial charge in [0.2, 0.25) is 5.91 Å². The maximum atomic E-state index is 13.5. The first-order valence-electron chi connectivity index (χ1n) is 8.78. The zero-order valence-corrected chi connectivity index (χ0v) is 17.4. The van der Waals surface area contributed by atoms with E-state index >= 15 is 0 Å². The summed E-state index contributed by atoms with van der Waals surface area (Å²) in [7, 11) is 0.975. The van der Waals surface area contributed by atoms with Gasteiger partial charge in [-0.3, -0.25) is 4.79 Å². The van der Waals surface area contributed by atoms with E-state index < -0.39 is 48.0 Å². The Labute approximate surface area is 169 Å². The molecule has 0 saturated heterocycles. The van der Waals surface area contributed by atoms with Crippen molar-refractivity contribution in [2.45, 2.75) is 56.8 Å². The number of carbonyl (C=O) groups excluding carboxylic acids is 1. The summed E-state index contributed by atoms with van der Waals surface area (Å²) < 4.78 is 46.0. The molecule has 5 nitrogen and oxygen atoms in total. The Hall–Kier alpha value is -1.61. The Balaban J connectivity index is 2.24. The lowest BCUT2D eigenvalue weighted by molar-refractivity contribution is -0.288. The van der Waals surface area contributed by atoms with Crippen molar-refractivity contribution in [3.8, 4) is 0 Å². The van der Waals surface area contributed by atoms with Crippen molar-refractivity contribution in [1.82, 2.24) is 5.32 Å². The summed E-state index contributed by atoms with van der Waals surface area (Å²) in [6.07, 6.45) is -6.16. The summed E-state index contributed by atoms with van der Waals surface area (Å²) in [5, 5.41) is 12.3. The van der Waals surface area contributed by atoms with Gasteiger partial charge in [-0.05, 0) is 55.4 Å². The third kappa shape index (κ3) is 4.20. The van der Waals surface area contributed by atoms with Gasteiger partial charge in [0.05, 0.1) is 6.42 Å². The Bertz CT molecular complexity index is 770. The van der Waals surface area contributed by atoms with Crippen LogP contribution in [0.5, 0.6) is 0 Å². The topological polar surface area (TPSA) is 75.6 Å². The van der Waals surface area contributed by atoms with E-state index in [-0.39, 0.29) is 12.8 Å². The zero-order valence-electron chi connectivity index (χ0n) is 15.8. The predicted molar refractivity (Wildman–Crippen MR) is 99.9 cm³/mol. The Morgan fingerprint density at radius 2 is 2.00 bits per heavy atom. The standard InChI is InChI=1S/C19H23BrF3NO4/c1-11-4-5-14(20)8-13(11)9-15(25)24-18(16(26)27)7-6-17(28-3,10-12(18)2)19(21,22)23/h4-5,8,12H,6-7,9-10H2,1-3H3,(H,24,25)(H,26,27). The summed E-state index contributed by atoms with van der Waals surface area (Å²) in [4.78, 5) is 24.6. The van der Waals surface area contributed by atoms with E-state index in [0.717, 1.165) is 17.1 Å². The van der Waals surface area contributed by atoms with Gasteiger partial charge in [-0.25, -0.2) is 4.79 Å². The molecule has 1 aliphatic carbocycles. The van der Waals surface area contributed by atoms with Crippen LogP contribution in [0.15, 0.2) is 22.7 Å². The van der Waals surface area contributed by atoms with E-state index in [1.54, 1.807) is 6.07 Å². The molecule has 3 unspecified atom stereocenters.